The summed E-state index contributed by atoms with van der Waals surface area (Å²) < 4.78 is 0. The number of Topliss-reactive ketones (excluding diaryl/α,β-unsaturated/α-hetero) is 1. The molecule has 0 spiro atoms. The van der Waals surface area contributed by atoms with Gasteiger partial charge in [0.1, 0.15) is 0 Å². The summed E-state index contributed by atoms with van der Waals surface area (Å²) in [6, 6.07) is 3.65. The van der Waals surface area contributed by atoms with Crippen LogP contribution in [0.25, 0.3) is 0 Å². The van der Waals surface area contributed by atoms with Gasteiger partial charge in [0.2, 0.25) is 11.8 Å². The number of likely N-dealkylation sites (tertiary alicyclic amines) is 1. The van der Waals surface area contributed by atoms with Crippen LogP contribution in [0.3, 0.4) is 0 Å². The number of rotatable bonds is 5. The molecule has 0 radical (unpaired) electrons. The first-order valence-corrected chi connectivity index (χ1v) is 8.06. The van der Waals surface area contributed by atoms with Crippen molar-refractivity contribution < 1.29 is 14.4 Å². The molecule has 6 heteroatoms. The number of hydrogen-bond acceptors (Lipinski definition) is 4. The largest absolute Gasteiger partial charge is 0.352 e. The van der Waals surface area contributed by atoms with Crippen LogP contribution in [0.5, 0.6) is 0 Å². The number of amides is 2. The second-order valence-electron chi connectivity index (χ2n) is 5.28. The lowest BCUT2D eigenvalue weighted by Gasteiger charge is -2.33. The zero-order valence-electron chi connectivity index (χ0n) is 12.1. The van der Waals surface area contributed by atoms with E-state index in [1.54, 1.807) is 11.0 Å². The van der Waals surface area contributed by atoms with E-state index in [1.165, 1.54) is 18.3 Å². The molecule has 0 aromatic carbocycles. The van der Waals surface area contributed by atoms with E-state index >= 15 is 0 Å². The highest BCUT2D eigenvalue weighted by molar-refractivity contribution is 7.12. The Morgan fingerprint density at radius 3 is 2.86 bits per heavy atom. The molecule has 1 N–H and O–H groups in total. The van der Waals surface area contributed by atoms with Crippen molar-refractivity contribution in [2.24, 2.45) is 0 Å². The van der Waals surface area contributed by atoms with Crippen LogP contribution < -0.4 is 5.32 Å². The molecule has 1 saturated heterocycles. The van der Waals surface area contributed by atoms with E-state index in [4.69, 9.17) is 0 Å². The summed E-state index contributed by atoms with van der Waals surface area (Å²) in [4.78, 5) is 37.6. The van der Waals surface area contributed by atoms with Gasteiger partial charge in [0.05, 0.1) is 4.88 Å². The van der Waals surface area contributed by atoms with E-state index in [9.17, 15) is 14.4 Å². The summed E-state index contributed by atoms with van der Waals surface area (Å²) in [6.07, 6.45) is 2.28. The predicted molar refractivity (Wildman–Crippen MR) is 81.3 cm³/mol. The van der Waals surface area contributed by atoms with E-state index in [0.717, 1.165) is 12.8 Å². The minimum atomic E-state index is -0.0674. The van der Waals surface area contributed by atoms with Gasteiger partial charge in [-0.15, -0.1) is 11.3 Å². The van der Waals surface area contributed by atoms with Gasteiger partial charge in [-0.3, -0.25) is 14.4 Å². The van der Waals surface area contributed by atoms with Crippen LogP contribution in [0.15, 0.2) is 17.5 Å². The first-order chi connectivity index (χ1) is 10.1. The number of carbonyl (C=O) groups is 3. The average Bonchev–Trinajstić information content (AvgIpc) is 2.98. The van der Waals surface area contributed by atoms with Crippen molar-refractivity contribution in [1.29, 1.82) is 0 Å². The van der Waals surface area contributed by atoms with Crippen molar-refractivity contribution in [2.75, 3.05) is 13.1 Å². The van der Waals surface area contributed by atoms with Gasteiger partial charge < -0.3 is 10.2 Å². The Balaban J connectivity index is 1.80. The summed E-state index contributed by atoms with van der Waals surface area (Å²) in [7, 11) is 0. The zero-order valence-corrected chi connectivity index (χ0v) is 12.9. The second kappa shape index (κ2) is 7.36. The lowest BCUT2D eigenvalue weighted by Crippen LogP contribution is -2.49. The average molecular weight is 308 g/mol. The number of thiophene rings is 1. The monoisotopic (exact) mass is 308 g/mol. The fourth-order valence-electron chi connectivity index (χ4n) is 2.55. The summed E-state index contributed by atoms with van der Waals surface area (Å²) in [5.41, 5.74) is 0. The maximum atomic E-state index is 12.2. The van der Waals surface area contributed by atoms with E-state index < -0.39 is 0 Å². The van der Waals surface area contributed by atoms with Gasteiger partial charge in [-0.05, 0) is 24.3 Å². The van der Waals surface area contributed by atoms with Gasteiger partial charge in [0.15, 0.2) is 5.78 Å². The van der Waals surface area contributed by atoms with Gasteiger partial charge in [-0.25, -0.2) is 0 Å². The molecule has 1 aromatic rings. The Morgan fingerprint density at radius 1 is 1.38 bits per heavy atom. The normalized spacial score (nSPS) is 18.3. The van der Waals surface area contributed by atoms with Crippen molar-refractivity contribution in [3.8, 4) is 0 Å². The van der Waals surface area contributed by atoms with Crippen LogP contribution in [-0.2, 0) is 9.59 Å². The Hall–Kier alpha value is -1.69. The van der Waals surface area contributed by atoms with Crippen LogP contribution in [0.2, 0.25) is 0 Å². The Morgan fingerprint density at radius 2 is 2.19 bits per heavy atom. The number of ketones is 1. The molecule has 0 aliphatic carbocycles. The molecule has 0 saturated carbocycles. The van der Waals surface area contributed by atoms with Crippen LogP contribution in [-0.4, -0.2) is 41.6 Å². The molecule has 1 aliphatic heterocycles. The molecule has 2 amide bonds. The molecule has 5 nitrogen and oxygen atoms in total. The second-order valence-corrected chi connectivity index (χ2v) is 6.23. The summed E-state index contributed by atoms with van der Waals surface area (Å²) in [5, 5.41) is 4.71. The molecule has 2 heterocycles. The maximum absolute atomic E-state index is 12.2. The van der Waals surface area contributed by atoms with Crippen LogP contribution in [0.4, 0.5) is 0 Å². The van der Waals surface area contributed by atoms with E-state index in [0.29, 0.717) is 18.0 Å². The minimum Gasteiger partial charge on any atom is -0.352 e. The van der Waals surface area contributed by atoms with Crippen molar-refractivity contribution in [3.63, 3.8) is 0 Å². The van der Waals surface area contributed by atoms with Gasteiger partial charge in [0.25, 0.3) is 0 Å². The highest BCUT2D eigenvalue weighted by Gasteiger charge is 2.24. The fraction of sp³-hybridized carbons (Fsp3) is 0.533. The number of carbonyl (C=O) groups excluding carboxylic acids is 3. The Labute approximate surface area is 128 Å². The van der Waals surface area contributed by atoms with Gasteiger partial charge in [-0.2, -0.15) is 0 Å². The van der Waals surface area contributed by atoms with Crippen LogP contribution >= 0.6 is 11.3 Å². The summed E-state index contributed by atoms with van der Waals surface area (Å²) in [5.74, 6) is -0.0501. The van der Waals surface area contributed by atoms with E-state index in [-0.39, 0.29) is 36.5 Å². The van der Waals surface area contributed by atoms with E-state index in [2.05, 4.69) is 5.32 Å². The molecule has 1 fully saturated rings. The van der Waals surface area contributed by atoms with Gasteiger partial charge in [-0.1, -0.05) is 6.07 Å². The molecule has 1 aliphatic rings. The fourth-order valence-corrected chi connectivity index (χ4v) is 3.24. The first-order valence-electron chi connectivity index (χ1n) is 7.18. The van der Waals surface area contributed by atoms with Crippen molar-refractivity contribution in [1.82, 2.24) is 10.2 Å². The summed E-state index contributed by atoms with van der Waals surface area (Å²) >= 11 is 1.40. The molecule has 2 rings (SSSR count). The highest BCUT2D eigenvalue weighted by atomic mass is 32.1. The number of piperidine rings is 1. The molecular weight excluding hydrogens is 288 g/mol. The third-order valence-corrected chi connectivity index (χ3v) is 4.45. The minimum absolute atomic E-state index is 0.00467. The van der Waals surface area contributed by atoms with Crippen molar-refractivity contribution in [3.05, 3.63) is 22.4 Å². The molecule has 1 atom stereocenters. The van der Waals surface area contributed by atoms with Crippen LogP contribution in [0, 0.1) is 0 Å². The Kier molecular flexibility index (Phi) is 5.50. The predicted octanol–water partition coefficient (Wildman–Crippen LogP) is 1.84. The van der Waals surface area contributed by atoms with Gasteiger partial charge >= 0.3 is 0 Å². The van der Waals surface area contributed by atoms with Crippen molar-refractivity contribution >= 4 is 28.9 Å². The lowest BCUT2D eigenvalue weighted by atomic mass is 10.0. The quantitative estimate of drug-likeness (QED) is 0.844. The Bertz CT molecular complexity index is 513. The topological polar surface area (TPSA) is 66.5 Å². The van der Waals surface area contributed by atoms with E-state index in [1.807, 2.05) is 11.4 Å². The van der Waals surface area contributed by atoms with Crippen LogP contribution in [0.1, 0.15) is 42.3 Å². The molecule has 1 aromatic heterocycles. The molecule has 0 unspecified atom stereocenters. The molecular formula is C15H20N2O3S. The lowest BCUT2D eigenvalue weighted by molar-refractivity contribution is -0.133. The standard InChI is InChI=1S/C15H20N2O3S/c1-11(18)16-12-4-2-8-17(10-12)15(20)7-6-13(19)14-5-3-9-21-14/h3,5,9,12H,2,4,6-8,10H2,1H3,(H,16,18)/t12-/m1/s1. The summed E-state index contributed by atoms with van der Waals surface area (Å²) in [6.45, 7) is 2.74. The van der Waals surface area contributed by atoms with Gasteiger partial charge in [0, 0.05) is 38.9 Å². The third kappa shape index (κ3) is 4.67. The first kappa shape index (κ1) is 15.7. The third-order valence-electron chi connectivity index (χ3n) is 3.54. The number of hydrogen-bond donors (Lipinski definition) is 1. The molecule has 0 bridgehead atoms. The maximum Gasteiger partial charge on any atom is 0.223 e. The number of nitrogens with one attached hydrogen (secondary N) is 1. The highest BCUT2D eigenvalue weighted by Crippen LogP contribution is 2.15. The molecule has 114 valence electrons. The smallest absolute Gasteiger partial charge is 0.223 e. The van der Waals surface area contributed by atoms with Crippen molar-refractivity contribution in [2.45, 2.75) is 38.6 Å². The number of nitrogens with zero attached hydrogens (tertiary/aromatic N) is 1. The SMILES string of the molecule is CC(=O)N[C@@H]1CCCN(C(=O)CCC(=O)c2cccs2)C1. The zero-order chi connectivity index (χ0) is 15.2. The molecule has 21 heavy (non-hydrogen) atoms.